The van der Waals surface area contributed by atoms with E-state index in [1.165, 1.54) is 12.1 Å². The first-order valence-electron chi connectivity index (χ1n) is 6.40. The van der Waals surface area contributed by atoms with Crippen LogP contribution in [0.5, 0.6) is 0 Å². The van der Waals surface area contributed by atoms with Crippen molar-refractivity contribution in [3.05, 3.63) is 35.1 Å². The fraction of sp³-hybridized carbons (Fsp3) is 0.467. The highest BCUT2D eigenvalue weighted by molar-refractivity contribution is 5.95. The number of hydrogen-bond donors (Lipinski definition) is 2. The zero-order valence-corrected chi connectivity index (χ0v) is 12.2. The number of carboxylic acids is 1. The first-order valence-corrected chi connectivity index (χ1v) is 6.40. The first kappa shape index (κ1) is 16.1. The van der Waals surface area contributed by atoms with Crippen LogP contribution in [0.25, 0.3) is 0 Å². The molecule has 0 fully saturated rings. The minimum Gasteiger partial charge on any atom is -0.481 e. The Bertz CT molecular complexity index is 520. The Morgan fingerprint density at radius 1 is 1.35 bits per heavy atom. The second-order valence-corrected chi connectivity index (χ2v) is 5.97. The SMILES string of the molecule is Cc1ccc(F)c(C(=O)NC(CC(=O)O)C(C)(C)C)c1. The summed E-state index contributed by atoms with van der Waals surface area (Å²) in [5, 5.41) is 11.5. The van der Waals surface area contributed by atoms with Gasteiger partial charge in [0.05, 0.1) is 12.0 Å². The Kier molecular flexibility index (Phi) is 4.87. The van der Waals surface area contributed by atoms with Crippen molar-refractivity contribution in [2.24, 2.45) is 5.41 Å². The Balaban J connectivity index is 2.96. The molecule has 0 aliphatic heterocycles. The first-order chi connectivity index (χ1) is 9.11. The van der Waals surface area contributed by atoms with Crippen LogP contribution in [0.4, 0.5) is 4.39 Å². The number of rotatable bonds is 4. The van der Waals surface area contributed by atoms with Crippen LogP contribution >= 0.6 is 0 Å². The number of halogens is 1. The summed E-state index contributed by atoms with van der Waals surface area (Å²) in [5.74, 6) is -2.21. The summed E-state index contributed by atoms with van der Waals surface area (Å²) in [5.41, 5.74) is 0.265. The molecular weight excluding hydrogens is 261 g/mol. The van der Waals surface area contributed by atoms with Gasteiger partial charge in [-0.15, -0.1) is 0 Å². The highest BCUT2D eigenvalue weighted by atomic mass is 19.1. The number of carbonyl (C=O) groups is 2. The lowest BCUT2D eigenvalue weighted by Crippen LogP contribution is -2.45. The van der Waals surface area contributed by atoms with Gasteiger partial charge in [-0.1, -0.05) is 32.4 Å². The summed E-state index contributed by atoms with van der Waals surface area (Å²) in [4.78, 5) is 23.0. The molecule has 0 heterocycles. The average molecular weight is 281 g/mol. The normalized spacial score (nSPS) is 12.8. The third-order valence-corrected chi connectivity index (χ3v) is 3.10. The van der Waals surface area contributed by atoms with Crippen molar-refractivity contribution in [2.45, 2.75) is 40.2 Å². The van der Waals surface area contributed by atoms with Crippen LogP contribution in [0, 0.1) is 18.2 Å². The largest absolute Gasteiger partial charge is 0.481 e. The second-order valence-electron chi connectivity index (χ2n) is 5.97. The molecule has 0 saturated heterocycles. The molecular formula is C15H20FNO3. The van der Waals surface area contributed by atoms with Gasteiger partial charge >= 0.3 is 5.97 Å². The van der Waals surface area contributed by atoms with E-state index in [2.05, 4.69) is 5.32 Å². The molecule has 0 spiro atoms. The van der Waals surface area contributed by atoms with Crippen molar-refractivity contribution in [3.8, 4) is 0 Å². The van der Waals surface area contributed by atoms with E-state index < -0.39 is 29.2 Å². The third-order valence-electron chi connectivity index (χ3n) is 3.10. The van der Waals surface area contributed by atoms with Gasteiger partial charge in [-0.05, 0) is 24.5 Å². The van der Waals surface area contributed by atoms with Gasteiger partial charge in [-0.3, -0.25) is 9.59 Å². The molecule has 1 rings (SSSR count). The molecule has 0 aromatic heterocycles. The van der Waals surface area contributed by atoms with E-state index in [0.29, 0.717) is 0 Å². The lowest BCUT2D eigenvalue weighted by atomic mass is 9.84. The van der Waals surface area contributed by atoms with E-state index in [-0.39, 0.29) is 12.0 Å². The molecule has 0 aliphatic rings. The molecule has 1 aromatic rings. The van der Waals surface area contributed by atoms with Crippen LogP contribution < -0.4 is 5.32 Å². The summed E-state index contributed by atoms with van der Waals surface area (Å²) < 4.78 is 13.7. The van der Waals surface area contributed by atoms with Gasteiger partial charge < -0.3 is 10.4 Å². The van der Waals surface area contributed by atoms with Gasteiger partial charge in [0, 0.05) is 6.04 Å². The Morgan fingerprint density at radius 3 is 2.45 bits per heavy atom. The molecule has 4 nitrogen and oxygen atoms in total. The van der Waals surface area contributed by atoms with Crippen molar-refractivity contribution in [2.75, 3.05) is 0 Å². The number of aliphatic carboxylic acids is 1. The van der Waals surface area contributed by atoms with Gasteiger partial charge in [0.2, 0.25) is 0 Å². The molecule has 2 N–H and O–H groups in total. The molecule has 0 radical (unpaired) electrons. The standard InChI is InChI=1S/C15H20FNO3/c1-9-5-6-11(16)10(7-9)14(20)17-12(8-13(18)19)15(2,3)4/h5-7,12H,8H2,1-4H3,(H,17,20)(H,18,19). The van der Waals surface area contributed by atoms with Crippen LogP contribution in [-0.2, 0) is 4.79 Å². The van der Waals surface area contributed by atoms with Gasteiger partial charge in [0.15, 0.2) is 0 Å². The Labute approximate surface area is 118 Å². The topological polar surface area (TPSA) is 66.4 Å². The van der Waals surface area contributed by atoms with Crippen molar-refractivity contribution in [1.29, 1.82) is 0 Å². The van der Waals surface area contributed by atoms with Gasteiger partial charge in [-0.2, -0.15) is 0 Å². The quantitative estimate of drug-likeness (QED) is 0.891. The number of carbonyl (C=O) groups excluding carboxylic acids is 1. The van der Waals surface area contributed by atoms with E-state index >= 15 is 0 Å². The van der Waals surface area contributed by atoms with Crippen molar-refractivity contribution >= 4 is 11.9 Å². The van der Waals surface area contributed by atoms with Crippen molar-refractivity contribution in [1.82, 2.24) is 5.32 Å². The number of nitrogens with one attached hydrogen (secondary N) is 1. The Morgan fingerprint density at radius 2 is 1.95 bits per heavy atom. The minimum atomic E-state index is -1.00. The monoisotopic (exact) mass is 281 g/mol. The number of hydrogen-bond acceptors (Lipinski definition) is 2. The zero-order chi connectivity index (χ0) is 15.5. The van der Waals surface area contributed by atoms with E-state index in [4.69, 9.17) is 5.11 Å². The molecule has 1 amide bonds. The molecule has 0 aliphatic carbocycles. The molecule has 0 saturated carbocycles. The second kappa shape index (κ2) is 6.03. The van der Waals surface area contributed by atoms with Crippen LogP contribution in [0.15, 0.2) is 18.2 Å². The van der Waals surface area contributed by atoms with Crippen molar-refractivity contribution < 1.29 is 19.1 Å². The molecule has 5 heteroatoms. The summed E-state index contributed by atoms with van der Waals surface area (Å²) in [6.45, 7) is 7.24. The predicted octanol–water partition coefficient (Wildman–Crippen LogP) is 2.75. The van der Waals surface area contributed by atoms with E-state index in [1.54, 1.807) is 13.0 Å². The van der Waals surface area contributed by atoms with E-state index in [1.807, 2.05) is 20.8 Å². The van der Waals surface area contributed by atoms with Gasteiger partial charge in [-0.25, -0.2) is 4.39 Å². The van der Waals surface area contributed by atoms with Crippen LogP contribution in [0.2, 0.25) is 0 Å². The number of carboxylic acid groups (broad SMARTS) is 1. The van der Waals surface area contributed by atoms with E-state index in [9.17, 15) is 14.0 Å². The van der Waals surface area contributed by atoms with Crippen LogP contribution in [-0.4, -0.2) is 23.0 Å². The fourth-order valence-corrected chi connectivity index (χ4v) is 1.80. The lowest BCUT2D eigenvalue weighted by molar-refractivity contribution is -0.138. The number of amides is 1. The maximum atomic E-state index is 13.7. The summed E-state index contributed by atoms with van der Waals surface area (Å²) in [6, 6.07) is 3.68. The zero-order valence-electron chi connectivity index (χ0n) is 12.2. The van der Waals surface area contributed by atoms with Gasteiger partial charge in [0.1, 0.15) is 5.82 Å². The number of benzene rings is 1. The molecule has 1 unspecified atom stereocenters. The van der Waals surface area contributed by atoms with Crippen LogP contribution in [0.3, 0.4) is 0 Å². The molecule has 110 valence electrons. The molecule has 20 heavy (non-hydrogen) atoms. The summed E-state index contributed by atoms with van der Waals surface area (Å²) >= 11 is 0. The third kappa shape index (κ3) is 4.33. The average Bonchev–Trinajstić information content (AvgIpc) is 2.29. The summed E-state index contributed by atoms with van der Waals surface area (Å²) in [6.07, 6.45) is -0.206. The predicted molar refractivity (Wildman–Crippen MR) is 74.1 cm³/mol. The maximum Gasteiger partial charge on any atom is 0.305 e. The fourth-order valence-electron chi connectivity index (χ4n) is 1.80. The highest BCUT2D eigenvalue weighted by Gasteiger charge is 2.29. The summed E-state index contributed by atoms with van der Waals surface area (Å²) in [7, 11) is 0. The lowest BCUT2D eigenvalue weighted by Gasteiger charge is -2.30. The minimum absolute atomic E-state index is 0.0651. The number of aryl methyl sites for hydroxylation is 1. The maximum absolute atomic E-state index is 13.7. The molecule has 0 bridgehead atoms. The smallest absolute Gasteiger partial charge is 0.305 e. The van der Waals surface area contributed by atoms with E-state index in [0.717, 1.165) is 5.56 Å². The molecule has 1 aromatic carbocycles. The van der Waals surface area contributed by atoms with Crippen LogP contribution in [0.1, 0.15) is 43.1 Å². The Hall–Kier alpha value is -1.91. The molecule has 1 atom stereocenters. The highest BCUT2D eigenvalue weighted by Crippen LogP contribution is 2.22. The van der Waals surface area contributed by atoms with Gasteiger partial charge in [0.25, 0.3) is 5.91 Å². The van der Waals surface area contributed by atoms with Crippen molar-refractivity contribution in [3.63, 3.8) is 0 Å².